The van der Waals surface area contributed by atoms with E-state index in [0.717, 1.165) is 12.8 Å². The van der Waals surface area contributed by atoms with Gasteiger partial charge in [0.2, 0.25) is 0 Å². The van der Waals surface area contributed by atoms with Gasteiger partial charge in [-0.1, -0.05) is 38.8 Å². The first-order chi connectivity index (χ1) is 11.7. The number of carbonyl (C=O) groups is 1. The van der Waals surface area contributed by atoms with E-state index < -0.39 is 17.7 Å². The first kappa shape index (κ1) is 19.6. The zero-order chi connectivity index (χ0) is 18.8. The van der Waals surface area contributed by atoms with Crippen LogP contribution in [0.3, 0.4) is 0 Å². The average molecular weight is 349 g/mol. The molecule has 1 amide bonds. The number of ether oxygens (including phenoxy) is 1. The number of aliphatic hydroxyl groups is 1. The van der Waals surface area contributed by atoms with Crippen molar-refractivity contribution in [3.05, 3.63) is 35.7 Å². The van der Waals surface area contributed by atoms with Crippen LogP contribution in [0.25, 0.3) is 5.57 Å². The highest BCUT2D eigenvalue weighted by molar-refractivity contribution is 6.32. The van der Waals surface area contributed by atoms with E-state index >= 15 is 0 Å². The number of para-hydroxylation sites is 1. The maximum atomic E-state index is 14.4. The van der Waals surface area contributed by atoms with Gasteiger partial charge in [-0.2, -0.15) is 0 Å². The van der Waals surface area contributed by atoms with Crippen molar-refractivity contribution < 1.29 is 19.0 Å². The molecule has 1 heterocycles. The zero-order valence-electron chi connectivity index (χ0n) is 15.7. The molecule has 138 valence electrons. The second-order valence-corrected chi connectivity index (χ2v) is 7.44. The molecule has 1 aliphatic heterocycles. The Labute approximate surface area is 149 Å². The molecule has 4 nitrogen and oxygen atoms in total. The van der Waals surface area contributed by atoms with E-state index in [1.807, 2.05) is 20.8 Å². The minimum Gasteiger partial charge on any atom is -0.365 e. The third-order valence-corrected chi connectivity index (χ3v) is 4.40. The number of hydrogen-bond donors (Lipinski definition) is 1. The van der Waals surface area contributed by atoms with Gasteiger partial charge in [0.1, 0.15) is 5.82 Å². The van der Waals surface area contributed by atoms with Gasteiger partial charge in [-0.05, 0) is 38.8 Å². The Kier molecular flexibility index (Phi) is 6.01. The lowest BCUT2D eigenvalue weighted by Crippen LogP contribution is -2.32. The van der Waals surface area contributed by atoms with Crippen LogP contribution < -0.4 is 4.90 Å². The first-order valence-electron chi connectivity index (χ1n) is 8.86. The first-order valence-corrected chi connectivity index (χ1v) is 8.86. The van der Waals surface area contributed by atoms with E-state index in [9.17, 15) is 14.3 Å². The third-order valence-electron chi connectivity index (χ3n) is 4.40. The van der Waals surface area contributed by atoms with Crippen molar-refractivity contribution >= 4 is 17.2 Å². The van der Waals surface area contributed by atoms with Crippen molar-refractivity contribution in [1.29, 1.82) is 0 Å². The predicted octanol–water partition coefficient (Wildman–Crippen LogP) is 4.13. The van der Waals surface area contributed by atoms with E-state index in [2.05, 4.69) is 13.8 Å². The number of fused-ring (bicyclic) bond motifs is 1. The topological polar surface area (TPSA) is 49.8 Å². The molecule has 25 heavy (non-hydrogen) atoms. The van der Waals surface area contributed by atoms with Crippen LogP contribution in [-0.4, -0.2) is 29.4 Å². The number of halogens is 1. The summed E-state index contributed by atoms with van der Waals surface area (Å²) in [5.74, 6) is -0.415. The van der Waals surface area contributed by atoms with Crippen LogP contribution in [0.2, 0.25) is 0 Å². The minimum atomic E-state index is -1.23. The van der Waals surface area contributed by atoms with E-state index in [1.165, 1.54) is 17.0 Å². The van der Waals surface area contributed by atoms with Crippen molar-refractivity contribution in [2.45, 2.75) is 59.4 Å². The van der Waals surface area contributed by atoms with Crippen LogP contribution in [-0.2, 0) is 9.53 Å². The van der Waals surface area contributed by atoms with Crippen LogP contribution in [0.4, 0.5) is 10.1 Å². The Morgan fingerprint density at radius 1 is 1.28 bits per heavy atom. The summed E-state index contributed by atoms with van der Waals surface area (Å²) >= 11 is 0. The van der Waals surface area contributed by atoms with Gasteiger partial charge in [0, 0.05) is 12.1 Å². The number of benzene rings is 1. The highest BCUT2D eigenvalue weighted by Crippen LogP contribution is 2.39. The molecule has 0 spiro atoms. The number of rotatable bonds is 6. The van der Waals surface area contributed by atoms with Crippen molar-refractivity contribution in [1.82, 2.24) is 0 Å². The molecule has 0 fully saturated rings. The highest BCUT2D eigenvalue weighted by Gasteiger charge is 2.36. The molecule has 1 aromatic rings. The van der Waals surface area contributed by atoms with Crippen molar-refractivity contribution in [3.63, 3.8) is 0 Å². The molecule has 0 aromatic heterocycles. The fraction of sp³-hybridized carbons (Fsp3) is 0.550. The van der Waals surface area contributed by atoms with Gasteiger partial charge < -0.3 is 14.7 Å². The summed E-state index contributed by atoms with van der Waals surface area (Å²) in [6, 6.07) is 4.64. The lowest BCUT2D eigenvalue weighted by molar-refractivity contribution is -0.138. The largest absolute Gasteiger partial charge is 0.365 e. The molecule has 1 atom stereocenters. The number of hydrogen-bond acceptors (Lipinski definition) is 3. The maximum Gasteiger partial charge on any atom is 0.258 e. The van der Waals surface area contributed by atoms with E-state index in [0.29, 0.717) is 23.7 Å². The van der Waals surface area contributed by atoms with Crippen LogP contribution in [0.1, 0.15) is 53.0 Å². The summed E-state index contributed by atoms with van der Waals surface area (Å²) in [6.45, 7) is 10.0. The molecule has 1 N–H and O–H groups in total. The zero-order valence-corrected chi connectivity index (χ0v) is 15.7. The molecule has 0 radical (unpaired) electrons. The van der Waals surface area contributed by atoms with E-state index in [4.69, 9.17) is 4.74 Å². The van der Waals surface area contributed by atoms with Gasteiger partial charge in [0.25, 0.3) is 5.91 Å². The smallest absolute Gasteiger partial charge is 0.258 e. The quantitative estimate of drug-likeness (QED) is 0.621. The number of nitrogens with zero attached hydrogens (tertiary/aromatic N) is 1. The predicted molar refractivity (Wildman–Crippen MR) is 97.6 cm³/mol. The number of carbonyl (C=O) groups excluding carboxylic acids is 1. The average Bonchev–Trinajstić information content (AvgIpc) is 2.77. The van der Waals surface area contributed by atoms with Crippen LogP contribution in [0.5, 0.6) is 0 Å². The number of amides is 1. The Bertz CT molecular complexity index is 659. The lowest BCUT2D eigenvalue weighted by atomic mass is 10.0. The second kappa shape index (κ2) is 7.67. The van der Waals surface area contributed by atoms with Crippen LogP contribution in [0.15, 0.2) is 24.3 Å². The summed E-state index contributed by atoms with van der Waals surface area (Å²) in [7, 11) is 0. The molecule has 2 rings (SSSR count). The lowest BCUT2D eigenvalue weighted by Gasteiger charge is -2.23. The summed E-state index contributed by atoms with van der Waals surface area (Å²) in [6.07, 6.45) is 1.97. The highest BCUT2D eigenvalue weighted by atomic mass is 19.1. The summed E-state index contributed by atoms with van der Waals surface area (Å²) in [4.78, 5) is 14.4. The van der Waals surface area contributed by atoms with Crippen LogP contribution >= 0.6 is 0 Å². The van der Waals surface area contributed by atoms with Gasteiger partial charge in [-0.3, -0.25) is 4.79 Å². The Morgan fingerprint density at radius 3 is 2.48 bits per heavy atom. The third kappa shape index (κ3) is 4.47. The number of aliphatic hydroxyl groups excluding tert-OH is 1. The molecule has 1 aromatic carbocycles. The van der Waals surface area contributed by atoms with Crippen molar-refractivity contribution in [2.75, 3.05) is 11.4 Å². The minimum absolute atomic E-state index is 0.288. The SMILES string of the molecule is CCC(CC)CN1C(=O)/C(=C/C(O)OC(C)(C)C)c2cccc(F)c21. The fourth-order valence-corrected chi connectivity index (χ4v) is 3.05. The second-order valence-electron chi connectivity index (χ2n) is 7.44. The van der Waals surface area contributed by atoms with Gasteiger partial charge in [-0.15, -0.1) is 0 Å². The van der Waals surface area contributed by atoms with Gasteiger partial charge >= 0.3 is 0 Å². The van der Waals surface area contributed by atoms with E-state index in [1.54, 1.807) is 12.1 Å². The molecule has 1 aliphatic rings. The summed E-state index contributed by atoms with van der Waals surface area (Å²) < 4.78 is 19.9. The summed E-state index contributed by atoms with van der Waals surface area (Å²) in [5.41, 5.74) is 0.538. The Balaban J connectivity index is 2.41. The number of anilines is 1. The molecule has 0 saturated heterocycles. The summed E-state index contributed by atoms with van der Waals surface area (Å²) in [5, 5.41) is 10.2. The van der Waals surface area contributed by atoms with Crippen molar-refractivity contribution in [2.24, 2.45) is 5.92 Å². The molecule has 0 aliphatic carbocycles. The Hall–Kier alpha value is -1.72. The van der Waals surface area contributed by atoms with Crippen LogP contribution in [0, 0.1) is 11.7 Å². The molecule has 0 saturated carbocycles. The monoisotopic (exact) mass is 349 g/mol. The fourth-order valence-electron chi connectivity index (χ4n) is 3.05. The van der Waals surface area contributed by atoms with E-state index in [-0.39, 0.29) is 11.5 Å². The van der Waals surface area contributed by atoms with Crippen molar-refractivity contribution in [3.8, 4) is 0 Å². The molecule has 0 bridgehead atoms. The molecule has 5 heteroatoms. The Morgan fingerprint density at radius 2 is 1.92 bits per heavy atom. The standard InChI is InChI=1S/C20H28FNO3/c1-6-13(7-2)12-22-18-14(9-8-10-16(18)21)15(19(22)24)11-17(23)25-20(3,4)5/h8-11,13,17,23H,6-7,12H2,1-5H3/b15-11+. The molecule has 1 unspecified atom stereocenters. The normalized spacial score (nSPS) is 17.5. The maximum absolute atomic E-state index is 14.4. The van der Waals surface area contributed by atoms with Gasteiger partial charge in [0.05, 0.1) is 16.9 Å². The van der Waals surface area contributed by atoms with Gasteiger partial charge in [-0.25, -0.2) is 4.39 Å². The molecular weight excluding hydrogens is 321 g/mol. The van der Waals surface area contributed by atoms with Gasteiger partial charge in [0.15, 0.2) is 6.29 Å². The molecular formula is C20H28FNO3.